The van der Waals surface area contributed by atoms with Crippen molar-refractivity contribution in [3.63, 3.8) is 0 Å². The summed E-state index contributed by atoms with van der Waals surface area (Å²) in [6, 6.07) is 7.52. The smallest absolute Gasteiger partial charge is 0.315 e. The first-order valence-corrected chi connectivity index (χ1v) is 8.52. The molecule has 0 saturated heterocycles. The number of benzene rings is 1. The van der Waals surface area contributed by atoms with Gasteiger partial charge < -0.3 is 15.7 Å². The van der Waals surface area contributed by atoms with E-state index < -0.39 is 6.10 Å². The summed E-state index contributed by atoms with van der Waals surface area (Å²) in [5, 5.41) is 16.3. The van der Waals surface area contributed by atoms with Crippen molar-refractivity contribution in [2.45, 2.75) is 44.2 Å². The van der Waals surface area contributed by atoms with Gasteiger partial charge in [0, 0.05) is 6.54 Å². The van der Waals surface area contributed by atoms with E-state index in [2.05, 4.69) is 10.6 Å². The van der Waals surface area contributed by atoms with Crippen LogP contribution in [0.25, 0.3) is 0 Å². The minimum absolute atomic E-state index is 0.136. The molecule has 3 aliphatic rings. The molecule has 0 heterocycles. The van der Waals surface area contributed by atoms with Crippen LogP contribution in [0.3, 0.4) is 0 Å². The normalized spacial score (nSPS) is 26.8. The second-order valence-corrected chi connectivity index (χ2v) is 7.15. The van der Waals surface area contributed by atoms with Crippen molar-refractivity contribution in [2.75, 3.05) is 6.54 Å². The van der Waals surface area contributed by atoms with Crippen molar-refractivity contribution in [3.05, 3.63) is 35.4 Å². The number of carbonyl (C=O) groups is 1. The van der Waals surface area contributed by atoms with Gasteiger partial charge in [-0.1, -0.05) is 24.3 Å². The van der Waals surface area contributed by atoms with Crippen molar-refractivity contribution in [1.82, 2.24) is 10.6 Å². The first kappa shape index (κ1) is 14.1. The Bertz CT molecular complexity index is 554. The predicted octanol–water partition coefficient (Wildman–Crippen LogP) is 2.38. The molecule has 2 atom stereocenters. The Morgan fingerprint density at radius 1 is 1.18 bits per heavy atom. The molecule has 0 radical (unpaired) electrons. The third kappa shape index (κ3) is 2.84. The lowest BCUT2D eigenvalue weighted by molar-refractivity contribution is 0.142. The maximum absolute atomic E-state index is 12.2. The highest BCUT2D eigenvalue weighted by Gasteiger charge is 2.41. The van der Waals surface area contributed by atoms with Gasteiger partial charge in [0.05, 0.1) is 12.1 Å². The van der Waals surface area contributed by atoms with Gasteiger partial charge in [0.15, 0.2) is 0 Å². The van der Waals surface area contributed by atoms with Crippen LogP contribution in [0.15, 0.2) is 24.3 Å². The number of urea groups is 1. The minimum atomic E-state index is -0.593. The topological polar surface area (TPSA) is 61.4 Å². The third-order valence-electron chi connectivity index (χ3n) is 5.46. The minimum Gasteiger partial charge on any atom is -0.386 e. The van der Waals surface area contributed by atoms with Crippen molar-refractivity contribution in [2.24, 2.45) is 17.8 Å². The maximum atomic E-state index is 12.2. The molecule has 3 N–H and O–H groups in total. The van der Waals surface area contributed by atoms with E-state index in [0.29, 0.717) is 12.3 Å². The SMILES string of the molecule is O=C(NCC(C1CC1)C1CC1)N[C@H]1Cc2ccccc2[C@@H]1O. The maximum Gasteiger partial charge on any atom is 0.315 e. The quantitative estimate of drug-likeness (QED) is 0.782. The molecule has 4 heteroatoms. The first-order chi connectivity index (χ1) is 10.7. The van der Waals surface area contributed by atoms with Crippen LogP contribution in [0.2, 0.25) is 0 Å². The molecular formula is C18H24N2O2. The highest BCUT2D eigenvalue weighted by Crippen LogP contribution is 2.48. The number of rotatable bonds is 5. The highest BCUT2D eigenvalue weighted by molar-refractivity contribution is 5.74. The van der Waals surface area contributed by atoms with Crippen LogP contribution < -0.4 is 10.6 Å². The van der Waals surface area contributed by atoms with Crippen LogP contribution in [0.1, 0.15) is 42.9 Å². The van der Waals surface area contributed by atoms with Gasteiger partial charge in [-0.3, -0.25) is 0 Å². The van der Waals surface area contributed by atoms with Crippen LogP contribution >= 0.6 is 0 Å². The van der Waals surface area contributed by atoms with Crippen molar-refractivity contribution >= 4 is 6.03 Å². The molecule has 3 aliphatic carbocycles. The largest absolute Gasteiger partial charge is 0.386 e. The summed E-state index contributed by atoms with van der Waals surface area (Å²) >= 11 is 0. The summed E-state index contributed by atoms with van der Waals surface area (Å²) in [4.78, 5) is 12.2. The predicted molar refractivity (Wildman–Crippen MR) is 84.4 cm³/mol. The average Bonchev–Trinajstić information content (AvgIpc) is 3.41. The van der Waals surface area contributed by atoms with E-state index >= 15 is 0 Å². The Morgan fingerprint density at radius 2 is 1.86 bits per heavy atom. The molecular weight excluding hydrogens is 276 g/mol. The summed E-state index contributed by atoms with van der Waals surface area (Å²) in [5.74, 6) is 2.36. The monoisotopic (exact) mass is 300 g/mol. The molecule has 0 bridgehead atoms. The fourth-order valence-electron chi connectivity index (χ4n) is 3.90. The van der Waals surface area contributed by atoms with Crippen molar-refractivity contribution in [3.8, 4) is 0 Å². The molecule has 4 nitrogen and oxygen atoms in total. The van der Waals surface area contributed by atoms with E-state index in [1.165, 1.54) is 25.7 Å². The molecule has 0 aliphatic heterocycles. The van der Waals surface area contributed by atoms with Crippen molar-refractivity contribution < 1.29 is 9.90 Å². The standard InChI is InChI=1S/C18H24N2O2/c21-17-14-4-2-1-3-13(14)9-16(17)20-18(22)19-10-15(11-5-6-11)12-7-8-12/h1-4,11-12,15-17,21H,5-10H2,(H2,19,20,22)/t16-,17-/m0/s1. The summed E-state index contributed by atoms with van der Waals surface area (Å²) in [6.45, 7) is 0.789. The molecule has 4 rings (SSSR count). The van der Waals surface area contributed by atoms with Gasteiger partial charge in [-0.25, -0.2) is 4.79 Å². The molecule has 2 fully saturated rings. The summed E-state index contributed by atoms with van der Waals surface area (Å²) in [6.07, 6.45) is 5.45. The van der Waals surface area contributed by atoms with Gasteiger partial charge in [0.2, 0.25) is 0 Å². The van der Waals surface area contributed by atoms with E-state index in [0.717, 1.165) is 29.5 Å². The molecule has 1 aromatic carbocycles. The Hall–Kier alpha value is -1.55. The van der Waals surface area contributed by atoms with Crippen LogP contribution in [-0.4, -0.2) is 23.7 Å². The number of nitrogens with one attached hydrogen (secondary N) is 2. The Kier molecular flexibility index (Phi) is 3.57. The van der Waals surface area contributed by atoms with E-state index in [1.807, 2.05) is 24.3 Å². The van der Waals surface area contributed by atoms with Gasteiger partial charge in [-0.05, 0) is 61.0 Å². The van der Waals surface area contributed by atoms with E-state index in [1.54, 1.807) is 0 Å². The number of hydrogen-bond acceptors (Lipinski definition) is 2. The Morgan fingerprint density at radius 3 is 2.50 bits per heavy atom. The molecule has 0 unspecified atom stereocenters. The van der Waals surface area contributed by atoms with E-state index in [4.69, 9.17) is 0 Å². The molecule has 2 saturated carbocycles. The van der Waals surface area contributed by atoms with Crippen LogP contribution in [0, 0.1) is 17.8 Å². The van der Waals surface area contributed by atoms with E-state index in [-0.39, 0.29) is 12.1 Å². The number of fused-ring (bicyclic) bond motifs is 1. The number of hydrogen-bond donors (Lipinski definition) is 3. The number of aliphatic hydroxyl groups is 1. The Labute approximate surface area is 131 Å². The number of aliphatic hydroxyl groups excluding tert-OH is 1. The van der Waals surface area contributed by atoms with Gasteiger partial charge >= 0.3 is 6.03 Å². The molecule has 2 amide bonds. The zero-order valence-electron chi connectivity index (χ0n) is 12.8. The van der Waals surface area contributed by atoms with Gasteiger partial charge in [-0.15, -0.1) is 0 Å². The van der Waals surface area contributed by atoms with E-state index in [9.17, 15) is 9.90 Å². The van der Waals surface area contributed by atoms with Crippen LogP contribution in [0.5, 0.6) is 0 Å². The zero-order chi connectivity index (χ0) is 15.1. The fourth-order valence-corrected chi connectivity index (χ4v) is 3.90. The zero-order valence-corrected chi connectivity index (χ0v) is 12.8. The molecule has 118 valence electrons. The third-order valence-corrected chi connectivity index (χ3v) is 5.46. The van der Waals surface area contributed by atoms with Gasteiger partial charge in [0.1, 0.15) is 0 Å². The number of amides is 2. The first-order valence-electron chi connectivity index (χ1n) is 8.52. The lowest BCUT2D eigenvalue weighted by Crippen LogP contribution is -2.45. The summed E-state index contributed by atoms with van der Waals surface area (Å²) < 4.78 is 0. The molecule has 0 spiro atoms. The Balaban J connectivity index is 1.29. The lowest BCUT2D eigenvalue weighted by Gasteiger charge is -2.20. The summed E-state index contributed by atoms with van der Waals surface area (Å²) in [7, 11) is 0. The average molecular weight is 300 g/mol. The summed E-state index contributed by atoms with van der Waals surface area (Å²) in [5.41, 5.74) is 2.08. The highest BCUT2D eigenvalue weighted by atomic mass is 16.3. The van der Waals surface area contributed by atoms with Crippen LogP contribution in [0.4, 0.5) is 4.79 Å². The molecule has 1 aromatic rings. The number of carbonyl (C=O) groups excluding carboxylic acids is 1. The lowest BCUT2D eigenvalue weighted by atomic mass is 9.98. The van der Waals surface area contributed by atoms with Gasteiger partial charge in [0.25, 0.3) is 0 Å². The van der Waals surface area contributed by atoms with Crippen molar-refractivity contribution in [1.29, 1.82) is 0 Å². The molecule has 22 heavy (non-hydrogen) atoms. The second kappa shape index (κ2) is 5.58. The second-order valence-electron chi connectivity index (χ2n) is 7.15. The van der Waals surface area contributed by atoms with Gasteiger partial charge in [-0.2, -0.15) is 0 Å². The molecule has 0 aromatic heterocycles. The van der Waals surface area contributed by atoms with Crippen LogP contribution in [-0.2, 0) is 6.42 Å². The fraction of sp³-hybridized carbons (Fsp3) is 0.611.